The lowest BCUT2D eigenvalue weighted by Gasteiger charge is -2.33. The topological polar surface area (TPSA) is 52.6 Å². The summed E-state index contributed by atoms with van der Waals surface area (Å²) in [5, 5.41) is 0. The molecular formula is C23H24FN5O. The quantitative estimate of drug-likeness (QED) is 0.653. The molecule has 0 atom stereocenters. The third-order valence-corrected chi connectivity index (χ3v) is 5.29. The molecule has 7 heteroatoms. The zero-order valence-corrected chi connectivity index (χ0v) is 16.9. The standard InChI is InChI=1S/C23H24FN5O/c1-27-12-14-28(15-13-27)22-7-2-18(16-26-22)17-29(21-5-3-20(24)4-6-21)23(30)19-8-10-25-11-9-19/h2-11,16H,12-15,17H2,1H3. The van der Waals surface area contributed by atoms with Crippen LogP contribution in [0.5, 0.6) is 0 Å². The summed E-state index contributed by atoms with van der Waals surface area (Å²) in [6, 6.07) is 13.3. The minimum Gasteiger partial charge on any atom is -0.354 e. The third-order valence-electron chi connectivity index (χ3n) is 5.29. The minimum atomic E-state index is -0.340. The van der Waals surface area contributed by atoms with Crippen LogP contribution in [-0.2, 0) is 6.54 Å². The van der Waals surface area contributed by atoms with Crippen LogP contribution in [0.1, 0.15) is 15.9 Å². The van der Waals surface area contributed by atoms with Crippen molar-refractivity contribution in [2.24, 2.45) is 0 Å². The van der Waals surface area contributed by atoms with Gasteiger partial charge in [-0.15, -0.1) is 0 Å². The summed E-state index contributed by atoms with van der Waals surface area (Å²) in [4.78, 5) is 27.9. The van der Waals surface area contributed by atoms with Crippen LogP contribution >= 0.6 is 0 Å². The Balaban J connectivity index is 1.55. The zero-order chi connectivity index (χ0) is 20.9. The van der Waals surface area contributed by atoms with E-state index in [1.807, 2.05) is 18.3 Å². The number of carbonyl (C=O) groups excluding carboxylic acids is 1. The molecule has 1 aromatic carbocycles. The van der Waals surface area contributed by atoms with Crippen molar-refractivity contribution in [3.05, 3.63) is 84.1 Å². The van der Waals surface area contributed by atoms with Crippen LogP contribution < -0.4 is 9.80 Å². The van der Waals surface area contributed by atoms with Crippen LogP contribution in [0.4, 0.5) is 15.9 Å². The van der Waals surface area contributed by atoms with E-state index in [-0.39, 0.29) is 11.7 Å². The Morgan fingerprint density at radius 2 is 1.70 bits per heavy atom. The first-order chi connectivity index (χ1) is 14.6. The SMILES string of the molecule is CN1CCN(c2ccc(CN(C(=O)c3ccncc3)c3ccc(F)cc3)cn2)CC1. The van der Waals surface area contributed by atoms with Crippen LogP contribution in [0, 0.1) is 5.82 Å². The van der Waals surface area contributed by atoms with Gasteiger partial charge in [-0.2, -0.15) is 0 Å². The molecular weight excluding hydrogens is 381 g/mol. The highest BCUT2D eigenvalue weighted by Gasteiger charge is 2.19. The third kappa shape index (κ3) is 4.63. The molecule has 1 aliphatic rings. The molecule has 0 radical (unpaired) electrons. The highest BCUT2D eigenvalue weighted by molar-refractivity contribution is 6.05. The lowest BCUT2D eigenvalue weighted by molar-refractivity contribution is 0.0985. The molecule has 0 unspecified atom stereocenters. The number of hydrogen-bond donors (Lipinski definition) is 0. The molecule has 0 aliphatic carbocycles. The first kappa shape index (κ1) is 20.0. The van der Waals surface area contributed by atoms with E-state index >= 15 is 0 Å². The Morgan fingerprint density at radius 1 is 1.00 bits per heavy atom. The minimum absolute atomic E-state index is 0.174. The van der Waals surface area contributed by atoms with E-state index in [1.54, 1.807) is 41.6 Å². The van der Waals surface area contributed by atoms with E-state index in [4.69, 9.17) is 0 Å². The first-order valence-electron chi connectivity index (χ1n) is 9.96. The molecule has 3 heterocycles. The van der Waals surface area contributed by atoms with Gasteiger partial charge >= 0.3 is 0 Å². The number of nitrogens with zero attached hydrogens (tertiary/aromatic N) is 5. The van der Waals surface area contributed by atoms with Crippen molar-refractivity contribution in [2.45, 2.75) is 6.54 Å². The van der Waals surface area contributed by atoms with Crippen molar-refractivity contribution in [1.82, 2.24) is 14.9 Å². The van der Waals surface area contributed by atoms with Gasteiger partial charge in [-0.1, -0.05) is 6.07 Å². The van der Waals surface area contributed by atoms with Gasteiger partial charge in [0.1, 0.15) is 11.6 Å². The maximum atomic E-state index is 13.4. The highest BCUT2D eigenvalue weighted by Crippen LogP contribution is 2.22. The normalized spacial score (nSPS) is 14.5. The second-order valence-corrected chi connectivity index (χ2v) is 7.42. The summed E-state index contributed by atoms with van der Waals surface area (Å²) in [7, 11) is 2.12. The van der Waals surface area contributed by atoms with Crippen LogP contribution in [0.2, 0.25) is 0 Å². The van der Waals surface area contributed by atoms with Crippen molar-refractivity contribution in [1.29, 1.82) is 0 Å². The van der Waals surface area contributed by atoms with Gasteiger partial charge in [0.15, 0.2) is 0 Å². The molecule has 2 aromatic heterocycles. The number of likely N-dealkylation sites (N-methyl/N-ethyl adjacent to an activating group) is 1. The molecule has 0 N–H and O–H groups in total. The Morgan fingerprint density at radius 3 is 2.33 bits per heavy atom. The fourth-order valence-electron chi connectivity index (χ4n) is 3.47. The molecule has 3 aromatic rings. The monoisotopic (exact) mass is 405 g/mol. The highest BCUT2D eigenvalue weighted by atomic mass is 19.1. The number of benzene rings is 1. The van der Waals surface area contributed by atoms with Crippen molar-refractivity contribution in [3.8, 4) is 0 Å². The molecule has 1 fully saturated rings. The number of rotatable bonds is 5. The number of anilines is 2. The van der Waals surface area contributed by atoms with Crippen LogP contribution in [0.15, 0.2) is 67.1 Å². The molecule has 30 heavy (non-hydrogen) atoms. The fraction of sp³-hybridized carbons (Fsp3) is 0.261. The smallest absolute Gasteiger partial charge is 0.258 e. The van der Waals surface area contributed by atoms with E-state index in [1.165, 1.54) is 12.1 Å². The van der Waals surface area contributed by atoms with E-state index in [9.17, 15) is 9.18 Å². The number of piperazine rings is 1. The number of pyridine rings is 2. The van der Waals surface area contributed by atoms with E-state index in [0.29, 0.717) is 17.8 Å². The van der Waals surface area contributed by atoms with Gasteiger partial charge in [0, 0.05) is 56.0 Å². The lowest BCUT2D eigenvalue weighted by atomic mass is 10.1. The predicted molar refractivity (Wildman–Crippen MR) is 115 cm³/mol. The summed E-state index contributed by atoms with van der Waals surface area (Å²) in [6.07, 6.45) is 4.98. The molecule has 0 spiro atoms. The van der Waals surface area contributed by atoms with Crippen LogP contribution in [0.25, 0.3) is 0 Å². The van der Waals surface area contributed by atoms with Crippen LogP contribution in [0.3, 0.4) is 0 Å². The van der Waals surface area contributed by atoms with E-state index in [2.05, 4.69) is 26.8 Å². The Hall–Kier alpha value is -3.32. The average Bonchev–Trinajstić information content (AvgIpc) is 2.79. The largest absolute Gasteiger partial charge is 0.354 e. The number of halogens is 1. The van der Waals surface area contributed by atoms with Gasteiger partial charge in [0.25, 0.3) is 5.91 Å². The zero-order valence-electron chi connectivity index (χ0n) is 16.9. The molecule has 1 amide bonds. The summed E-state index contributed by atoms with van der Waals surface area (Å²) in [5.74, 6) is 0.432. The molecule has 0 saturated carbocycles. The maximum Gasteiger partial charge on any atom is 0.258 e. The van der Waals surface area contributed by atoms with E-state index in [0.717, 1.165) is 37.6 Å². The number of hydrogen-bond acceptors (Lipinski definition) is 5. The fourth-order valence-corrected chi connectivity index (χ4v) is 3.47. The van der Waals surface area contributed by atoms with Crippen molar-refractivity contribution in [3.63, 3.8) is 0 Å². The maximum absolute atomic E-state index is 13.4. The Bertz CT molecular complexity index is 971. The average molecular weight is 405 g/mol. The van der Waals surface area contributed by atoms with Gasteiger partial charge in [-0.3, -0.25) is 9.78 Å². The molecule has 0 bridgehead atoms. The van der Waals surface area contributed by atoms with Crippen molar-refractivity contribution < 1.29 is 9.18 Å². The Kier molecular flexibility index (Phi) is 5.99. The number of carbonyl (C=O) groups is 1. The molecule has 6 nitrogen and oxygen atoms in total. The van der Waals surface area contributed by atoms with Gasteiger partial charge < -0.3 is 14.7 Å². The summed E-state index contributed by atoms with van der Waals surface area (Å²) in [5.41, 5.74) is 2.05. The summed E-state index contributed by atoms with van der Waals surface area (Å²) in [6.45, 7) is 4.27. The molecule has 4 rings (SSSR count). The van der Waals surface area contributed by atoms with Gasteiger partial charge in [0.05, 0.1) is 6.54 Å². The molecule has 154 valence electrons. The predicted octanol–water partition coefficient (Wildman–Crippen LogP) is 3.21. The van der Waals surface area contributed by atoms with Gasteiger partial charge in [0.2, 0.25) is 0 Å². The molecule has 1 saturated heterocycles. The van der Waals surface area contributed by atoms with Crippen molar-refractivity contribution >= 4 is 17.4 Å². The number of amides is 1. The second-order valence-electron chi connectivity index (χ2n) is 7.42. The van der Waals surface area contributed by atoms with Gasteiger partial charge in [-0.05, 0) is 55.1 Å². The van der Waals surface area contributed by atoms with Crippen LogP contribution in [-0.4, -0.2) is 54.0 Å². The Labute approximate surface area is 175 Å². The summed E-state index contributed by atoms with van der Waals surface area (Å²) >= 11 is 0. The van der Waals surface area contributed by atoms with Gasteiger partial charge in [-0.25, -0.2) is 9.37 Å². The summed E-state index contributed by atoms with van der Waals surface area (Å²) < 4.78 is 13.4. The molecule has 1 aliphatic heterocycles. The second kappa shape index (κ2) is 9.00. The van der Waals surface area contributed by atoms with E-state index < -0.39 is 0 Å². The lowest BCUT2D eigenvalue weighted by Crippen LogP contribution is -2.44. The first-order valence-corrected chi connectivity index (χ1v) is 9.96. The number of aromatic nitrogens is 2. The van der Waals surface area contributed by atoms with Crippen molar-refractivity contribution in [2.75, 3.05) is 43.0 Å².